The molecule has 1 atom stereocenters. The topological polar surface area (TPSA) is 75.3 Å². The van der Waals surface area contributed by atoms with Crippen LogP contribution in [-0.2, 0) is 16.4 Å². The maximum Gasteiger partial charge on any atom is 0.261 e. The molecule has 0 aliphatic heterocycles. The van der Waals surface area contributed by atoms with Crippen LogP contribution in [0.15, 0.2) is 34.5 Å². The van der Waals surface area contributed by atoms with Crippen molar-refractivity contribution in [1.29, 1.82) is 0 Å². The van der Waals surface area contributed by atoms with Crippen LogP contribution in [0.2, 0.25) is 0 Å². The molecular formula is C17H20N2O3S2. The summed E-state index contributed by atoms with van der Waals surface area (Å²) in [5, 5.41) is 3.05. The summed E-state index contributed by atoms with van der Waals surface area (Å²) >= 11 is 0.982. The summed E-state index contributed by atoms with van der Waals surface area (Å²) in [5.74, 6) is -0.226. The molecule has 0 radical (unpaired) electrons. The Kier molecular flexibility index (Phi) is 4.76. The van der Waals surface area contributed by atoms with Crippen molar-refractivity contribution in [2.24, 2.45) is 0 Å². The van der Waals surface area contributed by atoms with Crippen LogP contribution in [0.4, 0.5) is 0 Å². The summed E-state index contributed by atoms with van der Waals surface area (Å²) in [5.41, 5.74) is 3.68. The third-order valence-corrected chi connectivity index (χ3v) is 7.25. The fourth-order valence-corrected chi connectivity index (χ4v) is 5.06. The van der Waals surface area contributed by atoms with E-state index in [1.807, 2.05) is 0 Å². The van der Waals surface area contributed by atoms with Gasteiger partial charge < -0.3 is 5.32 Å². The number of carbonyl (C=O) groups excluding carboxylic acids is 1. The number of benzene rings is 1. The number of aryl methyl sites for hydroxylation is 2. The van der Waals surface area contributed by atoms with Gasteiger partial charge in [0, 0.05) is 0 Å². The third-order valence-electron chi connectivity index (χ3n) is 4.26. The maximum absolute atomic E-state index is 12.5. The normalized spacial score (nSPS) is 17.3. The first-order chi connectivity index (χ1) is 11.4. The first kappa shape index (κ1) is 17.1. The van der Waals surface area contributed by atoms with Gasteiger partial charge in [-0.1, -0.05) is 23.8 Å². The Balaban J connectivity index is 1.79. The third kappa shape index (κ3) is 3.38. The number of hydrogen-bond acceptors (Lipinski definition) is 4. The van der Waals surface area contributed by atoms with E-state index in [0.29, 0.717) is 4.88 Å². The smallest absolute Gasteiger partial charge is 0.261 e. The van der Waals surface area contributed by atoms with Crippen LogP contribution in [0.1, 0.15) is 45.2 Å². The Labute approximate surface area is 146 Å². The quantitative estimate of drug-likeness (QED) is 0.876. The predicted octanol–water partition coefficient (Wildman–Crippen LogP) is 2.77. The zero-order chi connectivity index (χ0) is 17.3. The van der Waals surface area contributed by atoms with Crippen LogP contribution in [0.25, 0.3) is 0 Å². The van der Waals surface area contributed by atoms with Gasteiger partial charge >= 0.3 is 0 Å². The number of fused-ring (bicyclic) bond motifs is 1. The molecule has 1 aliphatic rings. The average molecular weight is 364 g/mol. The van der Waals surface area contributed by atoms with Crippen LogP contribution in [-0.4, -0.2) is 21.4 Å². The van der Waals surface area contributed by atoms with Crippen LogP contribution in [0.3, 0.4) is 0 Å². The summed E-state index contributed by atoms with van der Waals surface area (Å²) in [6.07, 6.45) is 2.97. The molecule has 1 aromatic carbocycles. The van der Waals surface area contributed by atoms with Crippen molar-refractivity contribution in [3.8, 4) is 0 Å². The second-order valence-corrected chi connectivity index (χ2v) is 9.14. The number of amides is 1. The molecule has 0 unspecified atom stereocenters. The molecule has 0 bridgehead atoms. The zero-order valence-electron chi connectivity index (χ0n) is 13.6. The first-order valence-corrected chi connectivity index (χ1v) is 10.1. The highest BCUT2D eigenvalue weighted by molar-refractivity contribution is 7.91. The van der Waals surface area contributed by atoms with Gasteiger partial charge in [-0.15, -0.1) is 11.3 Å². The Morgan fingerprint density at radius 1 is 1.25 bits per heavy atom. The first-order valence-electron chi connectivity index (χ1n) is 7.84. The molecule has 128 valence electrons. The van der Waals surface area contributed by atoms with Gasteiger partial charge in [-0.25, -0.2) is 13.1 Å². The summed E-state index contributed by atoms with van der Waals surface area (Å²) in [6, 6.07) is 9.32. The number of nitrogens with one attached hydrogen (secondary N) is 2. The number of rotatable bonds is 4. The van der Waals surface area contributed by atoms with Gasteiger partial charge in [0.05, 0.1) is 10.9 Å². The molecule has 1 aromatic heterocycles. The molecule has 0 saturated carbocycles. The monoisotopic (exact) mass is 364 g/mol. The van der Waals surface area contributed by atoms with E-state index < -0.39 is 10.0 Å². The Morgan fingerprint density at radius 2 is 2.04 bits per heavy atom. The van der Waals surface area contributed by atoms with Gasteiger partial charge in [0.25, 0.3) is 5.91 Å². The van der Waals surface area contributed by atoms with Crippen LogP contribution in [0, 0.1) is 6.92 Å². The minimum absolute atomic E-state index is 0.0201. The van der Waals surface area contributed by atoms with Gasteiger partial charge in [0.2, 0.25) is 10.0 Å². The maximum atomic E-state index is 12.5. The van der Waals surface area contributed by atoms with E-state index in [1.54, 1.807) is 6.07 Å². The van der Waals surface area contributed by atoms with Crippen LogP contribution in [0.5, 0.6) is 0 Å². The van der Waals surface area contributed by atoms with E-state index >= 15 is 0 Å². The number of carbonyl (C=O) groups is 1. The minimum atomic E-state index is -3.51. The highest BCUT2D eigenvalue weighted by Gasteiger charge is 2.24. The number of sulfonamides is 1. The minimum Gasteiger partial charge on any atom is -0.345 e. The summed E-state index contributed by atoms with van der Waals surface area (Å²) in [7, 11) is -2.15. The van der Waals surface area contributed by atoms with Gasteiger partial charge in [0.15, 0.2) is 0 Å². The second-order valence-electron chi connectivity index (χ2n) is 5.95. The van der Waals surface area contributed by atoms with Gasteiger partial charge in [-0.05, 0) is 56.5 Å². The van der Waals surface area contributed by atoms with E-state index in [2.05, 4.69) is 35.2 Å². The molecule has 0 spiro atoms. The lowest BCUT2D eigenvalue weighted by Crippen LogP contribution is -2.30. The molecule has 7 heteroatoms. The molecule has 1 amide bonds. The molecule has 3 rings (SSSR count). The Bertz CT molecular complexity index is 872. The molecule has 24 heavy (non-hydrogen) atoms. The highest BCUT2D eigenvalue weighted by Crippen LogP contribution is 2.31. The lowest BCUT2D eigenvalue weighted by molar-refractivity contribution is 0.0937. The molecule has 0 saturated heterocycles. The van der Waals surface area contributed by atoms with Crippen molar-refractivity contribution < 1.29 is 13.2 Å². The molecule has 2 aromatic rings. The molecule has 0 fully saturated rings. The molecule has 5 nitrogen and oxygen atoms in total. The summed E-state index contributed by atoms with van der Waals surface area (Å²) < 4.78 is 26.0. The van der Waals surface area contributed by atoms with E-state index in [1.165, 1.54) is 29.8 Å². The van der Waals surface area contributed by atoms with E-state index in [4.69, 9.17) is 0 Å². The van der Waals surface area contributed by atoms with Gasteiger partial charge in [-0.3, -0.25) is 4.79 Å². The molecular weight excluding hydrogens is 344 g/mol. The lowest BCUT2D eigenvalue weighted by Gasteiger charge is -2.26. The number of hydrogen-bond donors (Lipinski definition) is 2. The highest BCUT2D eigenvalue weighted by atomic mass is 32.2. The van der Waals surface area contributed by atoms with Gasteiger partial charge in [0.1, 0.15) is 4.21 Å². The number of thiophene rings is 1. The van der Waals surface area contributed by atoms with Crippen molar-refractivity contribution in [1.82, 2.24) is 10.0 Å². The fourth-order valence-electron chi connectivity index (χ4n) is 3.01. The van der Waals surface area contributed by atoms with Crippen molar-refractivity contribution in [3.63, 3.8) is 0 Å². The van der Waals surface area contributed by atoms with E-state index in [9.17, 15) is 13.2 Å². The summed E-state index contributed by atoms with van der Waals surface area (Å²) in [4.78, 5) is 12.9. The van der Waals surface area contributed by atoms with Crippen LogP contribution >= 0.6 is 11.3 Å². The zero-order valence-corrected chi connectivity index (χ0v) is 15.3. The van der Waals surface area contributed by atoms with Crippen LogP contribution < -0.4 is 10.0 Å². The molecule has 1 aliphatic carbocycles. The van der Waals surface area contributed by atoms with Crippen molar-refractivity contribution in [2.75, 3.05) is 7.05 Å². The Hall–Kier alpha value is -1.70. The molecule has 1 heterocycles. The SMILES string of the molecule is CNS(=O)(=O)c1ccc(C(=O)N[C@H]2CCCc3cc(C)ccc32)s1. The molecule has 2 N–H and O–H groups in total. The van der Waals surface area contributed by atoms with Crippen molar-refractivity contribution in [2.45, 2.75) is 36.4 Å². The Morgan fingerprint density at radius 3 is 2.79 bits per heavy atom. The summed E-state index contributed by atoms with van der Waals surface area (Å²) in [6.45, 7) is 2.07. The standard InChI is InChI=1S/C17H20N2O3S2/c1-11-6-7-13-12(10-11)4-3-5-14(13)19-17(20)15-8-9-16(23-15)24(21,22)18-2/h6-10,14,18H,3-5H2,1-2H3,(H,19,20)/t14-/m0/s1. The predicted molar refractivity (Wildman–Crippen MR) is 94.9 cm³/mol. The van der Waals surface area contributed by atoms with Crippen molar-refractivity contribution in [3.05, 3.63) is 51.9 Å². The van der Waals surface area contributed by atoms with E-state index in [-0.39, 0.29) is 16.2 Å². The lowest BCUT2D eigenvalue weighted by atomic mass is 9.86. The second kappa shape index (κ2) is 6.66. The van der Waals surface area contributed by atoms with E-state index in [0.717, 1.165) is 30.6 Å². The van der Waals surface area contributed by atoms with Crippen molar-refractivity contribution >= 4 is 27.3 Å². The average Bonchev–Trinajstić information content (AvgIpc) is 3.05. The largest absolute Gasteiger partial charge is 0.345 e. The fraction of sp³-hybridized carbons (Fsp3) is 0.353. The van der Waals surface area contributed by atoms with Gasteiger partial charge in [-0.2, -0.15) is 0 Å².